The first-order valence-electron chi connectivity index (χ1n) is 7.57. The molecule has 0 bridgehead atoms. The third-order valence-corrected chi connectivity index (χ3v) is 6.92. The van der Waals surface area contributed by atoms with Crippen molar-refractivity contribution in [2.45, 2.75) is 11.8 Å². The van der Waals surface area contributed by atoms with Gasteiger partial charge in [0.15, 0.2) is 0 Å². The van der Waals surface area contributed by atoms with Crippen molar-refractivity contribution in [2.75, 3.05) is 31.1 Å². The number of anilines is 1. The van der Waals surface area contributed by atoms with Gasteiger partial charge in [-0.15, -0.1) is 0 Å². The molecule has 1 fully saturated rings. The van der Waals surface area contributed by atoms with Crippen LogP contribution in [0.2, 0.25) is 0 Å². The molecule has 3 rings (SSSR count). The number of rotatable bonds is 3. The van der Waals surface area contributed by atoms with Gasteiger partial charge in [0.1, 0.15) is 0 Å². The summed E-state index contributed by atoms with van der Waals surface area (Å²) in [6.07, 6.45) is 0. The molecule has 1 aromatic heterocycles. The third kappa shape index (κ3) is 3.46. The summed E-state index contributed by atoms with van der Waals surface area (Å²) in [5.41, 5.74) is -0.812. The molecule has 0 atom stereocenters. The molecule has 134 valence electrons. The van der Waals surface area contributed by atoms with E-state index in [4.69, 9.17) is 0 Å². The number of nitrogens with one attached hydrogen (secondary N) is 1. The Morgan fingerprint density at radius 1 is 1.20 bits per heavy atom. The lowest BCUT2D eigenvalue weighted by atomic mass is 10.4. The van der Waals surface area contributed by atoms with Crippen molar-refractivity contribution in [3.63, 3.8) is 0 Å². The molecule has 2 heterocycles. The van der Waals surface area contributed by atoms with Crippen molar-refractivity contribution in [1.29, 1.82) is 0 Å². The van der Waals surface area contributed by atoms with Gasteiger partial charge in [0.2, 0.25) is 21.8 Å². The highest BCUT2D eigenvalue weighted by Crippen LogP contribution is 2.25. The van der Waals surface area contributed by atoms with E-state index in [-0.39, 0.29) is 29.6 Å². The monoisotopic (exact) mass is 430 g/mol. The fourth-order valence-electron chi connectivity index (χ4n) is 2.64. The molecule has 0 spiro atoms. The number of nitrogens with zero attached hydrogens (tertiary/aromatic N) is 3. The third-order valence-electron chi connectivity index (χ3n) is 4.01. The summed E-state index contributed by atoms with van der Waals surface area (Å²) in [5, 5.41) is 0. The first kappa shape index (κ1) is 18.0. The zero-order valence-electron chi connectivity index (χ0n) is 13.4. The minimum absolute atomic E-state index is 0.0158. The molecule has 0 radical (unpaired) electrons. The first-order valence-corrected chi connectivity index (χ1v) is 9.80. The van der Waals surface area contributed by atoms with Crippen LogP contribution < -0.4 is 10.5 Å². The Morgan fingerprint density at radius 3 is 2.44 bits per heavy atom. The summed E-state index contributed by atoms with van der Waals surface area (Å²) in [6, 6.07) is 6.65. The number of sulfonamides is 1. The molecule has 2 aromatic rings. The molecule has 0 amide bonds. The summed E-state index contributed by atoms with van der Waals surface area (Å²) in [7, 11) is -3.61. The van der Waals surface area contributed by atoms with Gasteiger partial charge in [-0.25, -0.2) is 13.4 Å². The molecule has 7 nitrogen and oxygen atoms in total. The van der Waals surface area contributed by atoms with E-state index in [1.165, 1.54) is 11.2 Å². The van der Waals surface area contributed by atoms with Crippen LogP contribution >= 0.6 is 15.9 Å². The van der Waals surface area contributed by atoms with Crippen molar-refractivity contribution in [1.82, 2.24) is 14.3 Å². The molecular weight excluding hydrogens is 415 g/mol. The Hall–Kier alpha value is -1.78. The van der Waals surface area contributed by atoms with E-state index in [0.717, 1.165) is 0 Å². The molecule has 1 saturated heterocycles. The predicted molar refractivity (Wildman–Crippen MR) is 94.7 cm³/mol. The molecule has 0 aliphatic carbocycles. The predicted octanol–water partition coefficient (Wildman–Crippen LogP) is 1.49. The van der Waals surface area contributed by atoms with Crippen LogP contribution in [0.15, 0.2) is 38.4 Å². The molecule has 1 N–H and O–H groups in total. The lowest BCUT2D eigenvalue weighted by Gasteiger charge is -2.34. The Balaban J connectivity index is 1.78. The average molecular weight is 431 g/mol. The van der Waals surface area contributed by atoms with Crippen LogP contribution in [0.4, 0.5) is 10.3 Å². The second kappa shape index (κ2) is 6.85. The van der Waals surface area contributed by atoms with E-state index in [1.807, 2.05) is 0 Å². The van der Waals surface area contributed by atoms with Crippen LogP contribution in [0.25, 0.3) is 0 Å². The van der Waals surface area contributed by atoms with Gasteiger partial charge in [-0.05, 0) is 35.0 Å². The van der Waals surface area contributed by atoms with Gasteiger partial charge in [-0.2, -0.15) is 8.70 Å². The molecule has 0 saturated carbocycles. The molecule has 1 aromatic carbocycles. The Morgan fingerprint density at radius 2 is 1.84 bits per heavy atom. The summed E-state index contributed by atoms with van der Waals surface area (Å²) >= 11 is 3.27. The van der Waals surface area contributed by atoms with Gasteiger partial charge in [0, 0.05) is 30.7 Å². The minimum atomic E-state index is -3.61. The zero-order chi connectivity index (χ0) is 18.2. The average Bonchev–Trinajstić information content (AvgIpc) is 2.59. The summed E-state index contributed by atoms with van der Waals surface area (Å²) in [4.78, 5) is 19.9. The molecule has 25 heavy (non-hydrogen) atoms. The Kier molecular flexibility index (Phi) is 4.94. The lowest BCUT2D eigenvalue weighted by molar-refractivity contribution is 0.382. The largest absolute Gasteiger partial charge is 0.340 e. The maximum absolute atomic E-state index is 13.4. The van der Waals surface area contributed by atoms with Crippen LogP contribution in [0.1, 0.15) is 5.69 Å². The number of hydrogen-bond acceptors (Lipinski definition) is 5. The lowest BCUT2D eigenvalue weighted by Crippen LogP contribution is -2.49. The van der Waals surface area contributed by atoms with Crippen LogP contribution in [0.5, 0.6) is 0 Å². The van der Waals surface area contributed by atoms with Gasteiger partial charge < -0.3 is 4.90 Å². The minimum Gasteiger partial charge on any atom is -0.340 e. The standard InChI is InChI=1S/C15H16BrFN4O3S/c1-10-13(17)14(22)19-15(18-10)20-6-8-21(9-7-20)25(23,24)12-5-3-2-4-11(12)16/h2-5H,6-9H2,1H3,(H,18,19,22). The molecule has 0 unspecified atom stereocenters. The van der Waals surface area contributed by atoms with Gasteiger partial charge in [0.05, 0.1) is 10.6 Å². The fourth-order valence-corrected chi connectivity index (χ4v) is 5.03. The van der Waals surface area contributed by atoms with E-state index < -0.39 is 21.4 Å². The highest BCUT2D eigenvalue weighted by Gasteiger charge is 2.30. The second-order valence-electron chi connectivity index (χ2n) is 5.61. The highest BCUT2D eigenvalue weighted by molar-refractivity contribution is 9.10. The van der Waals surface area contributed by atoms with E-state index in [0.29, 0.717) is 17.6 Å². The van der Waals surface area contributed by atoms with Crippen molar-refractivity contribution < 1.29 is 12.8 Å². The number of aromatic amines is 1. The van der Waals surface area contributed by atoms with Gasteiger partial charge >= 0.3 is 0 Å². The second-order valence-corrected chi connectivity index (χ2v) is 8.37. The number of hydrogen-bond donors (Lipinski definition) is 1. The topological polar surface area (TPSA) is 86.4 Å². The van der Waals surface area contributed by atoms with Crippen LogP contribution in [0, 0.1) is 12.7 Å². The van der Waals surface area contributed by atoms with Gasteiger partial charge in [-0.1, -0.05) is 12.1 Å². The Bertz CT molecular complexity index is 955. The zero-order valence-corrected chi connectivity index (χ0v) is 15.8. The number of aromatic nitrogens is 2. The first-order chi connectivity index (χ1) is 11.8. The molecule has 1 aliphatic heterocycles. The van der Waals surface area contributed by atoms with E-state index in [9.17, 15) is 17.6 Å². The Labute approximate surface area is 152 Å². The van der Waals surface area contributed by atoms with Crippen LogP contribution in [-0.4, -0.2) is 48.9 Å². The number of piperazine rings is 1. The summed E-state index contributed by atoms with van der Waals surface area (Å²) in [5.74, 6) is -0.652. The smallest absolute Gasteiger partial charge is 0.288 e. The van der Waals surface area contributed by atoms with Crippen molar-refractivity contribution >= 4 is 31.9 Å². The van der Waals surface area contributed by atoms with Crippen molar-refractivity contribution in [2.24, 2.45) is 0 Å². The molecule has 1 aliphatic rings. The normalized spacial score (nSPS) is 16.2. The van der Waals surface area contributed by atoms with E-state index >= 15 is 0 Å². The summed E-state index contributed by atoms with van der Waals surface area (Å²) in [6.45, 7) is 2.59. The van der Waals surface area contributed by atoms with E-state index in [2.05, 4.69) is 25.9 Å². The highest BCUT2D eigenvalue weighted by atomic mass is 79.9. The number of aryl methyl sites for hydroxylation is 1. The quantitative estimate of drug-likeness (QED) is 0.796. The SMILES string of the molecule is Cc1nc(N2CCN(S(=O)(=O)c3ccccc3Br)CC2)[nH]c(=O)c1F. The van der Waals surface area contributed by atoms with Crippen LogP contribution in [-0.2, 0) is 10.0 Å². The fraction of sp³-hybridized carbons (Fsp3) is 0.333. The number of halogens is 2. The molecular formula is C15H16BrFN4O3S. The van der Waals surface area contributed by atoms with Crippen molar-refractivity contribution in [3.8, 4) is 0 Å². The van der Waals surface area contributed by atoms with Crippen LogP contribution in [0.3, 0.4) is 0 Å². The maximum atomic E-state index is 13.4. The van der Waals surface area contributed by atoms with Gasteiger partial charge in [0.25, 0.3) is 5.56 Å². The number of benzene rings is 1. The summed E-state index contributed by atoms with van der Waals surface area (Å²) < 4.78 is 40.8. The number of H-pyrrole nitrogens is 1. The maximum Gasteiger partial charge on any atom is 0.288 e. The van der Waals surface area contributed by atoms with Crippen molar-refractivity contribution in [3.05, 3.63) is 50.6 Å². The van der Waals surface area contributed by atoms with Gasteiger partial charge in [-0.3, -0.25) is 9.78 Å². The van der Waals surface area contributed by atoms with E-state index in [1.54, 1.807) is 29.2 Å². The molecule has 10 heteroatoms.